The minimum absolute atomic E-state index is 0.0835. The summed E-state index contributed by atoms with van der Waals surface area (Å²) >= 11 is 0. The van der Waals surface area contributed by atoms with Gasteiger partial charge in [-0.2, -0.15) is 0 Å². The largest absolute Gasteiger partial charge is 0.465 e. The molecule has 0 saturated heterocycles. The summed E-state index contributed by atoms with van der Waals surface area (Å²) < 4.78 is 30.0. The number of carbonyl (C=O) groups excluding carboxylic acids is 1. The van der Waals surface area contributed by atoms with Crippen LogP contribution in [-0.2, 0) is 19.4 Å². The maximum Gasteiger partial charge on any atom is 0.321 e. The molecule has 2 atom stereocenters. The fraction of sp³-hybridized carbons (Fsp3) is 0.933. The van der Waals surface area contributed by atoms with Gasteiger partial charge in [-0.3, -0.25) is 4.79 Å². The van der Waals surface area contributed by atoms with Crippen molar-refractivity contribution in [3.05, 3.63) is 0 Å². The highest BCUT2D eigenvalue weighted by atomic mass is 32.2. The lowest BCUT2D eigenvalue weighted by molar-refractivity contribution is -0.139. The lowest BCUT2D eigenvalue weighted by Crippen LogP contribution is -2.56. The van der Waals surface area contributed by atoms with Gasteiger partial charge < -0.3 is 10.1 Å². The fourth-order valence-electron chi connectivity index (χ4n) is 3.15. The minimum Gasteiger partial charge on any atom is -0.465 e. The van der Waals surface area contributed by atoms with E-state index in [1.54, 1.807) is 6.92 Å². The molecule has 0 amide bonds. The molecule has 5 nitrogen and oxygen atoms in total. The molecule has 6 heteroatoms. The summed E-state index contributed by atoms with van der Waals surface area (Å²) in [5.41, 5.74) is -0.0835. The van der Waals surface area contributed by atoms with Gasteiger partial charge in [0.15, 0.2) is 9.84 Å². The van der Waals surface area contributed by atoms with Gasteiger partial charge in [0.05, 0.1) is 11.9 Å². The molecular formula is C15H29NO4S. The molecule has 0 aromatic rings. The number of nitrogens with one attached hydrogen (secondary N) is 1. The van der Waals surface area contributed by atoms with Crippen LogP contribution < -0.4 is 5.32 Å². The van der Waals surface area contributed by atoms with Crippen LogP contribution in [0.25, 0.3) is 0 Å². The molecule has 0 spiro atoms. The molecule has 1 rings (SSSR count). The normalized spacial score (nSPS) is 25.5. The van der Waals surface area contributed by atoms with E-state index in [0.717, 1.165) is 25.8 Å². The van der Waals surface area contributed by atoms with Crippen molar-refractivity contribution < 1.29 is 17.9 Å². The van der Waals surface area contributed by atoms with Crippen molar-refractivity contribution in [1.29, 1.82) is 0 Å². The predicted octanol–water partition coefficient (Wildman–Crippen LogP) is 1.91. The monoisotopic (exact) mass is 319 g/mol. The molecule has 0 aliphatic heterocycles. The Morgan fingerprint density at radius 3 is 2.57 bits per heavy atom. The average molecular weight is 319 g/mol. The molecule has 0 radical (unpaired) electrons. The van der Waals surface area contributed by atoms with Crippen molar-refractivity contribution in [2.45, 2.75) is 64.7 Å². The zero-order valence-electron chi connectivity index (χ0n) is 13.6. The van der Waals surface area contributed by atoms with Crippen molar-refractivity contribution in [3.63, 3.8) is 0 Å². The highest BCUT2D eigenvalue weighted by Crippen LogP contribution is 2.38. The third kappa shape index (κ3) is 4.95. The molecule has 1 fully saturated rings. The van der Waals surface area contributed by atoms with Crippen molar-refractivity contribution in [3.8, 4) is 0 Å². The van der Waals surface area contributed by atoms with Gasteiger partial charge in [-0.1, -0.05) is 27.2 Å². The van der Waals surface area contributed by atoms with E-state index in [4.69, 9.17) is 4.74 Å². The van der Waals surface area contributed by atoms with Crippen LogP contribution in [0.4, 0.5) is 0 Å². The van der Waals surface area contributed by atoms with Gasteiger partial charge in [0.1, 0.15) is 5.75 Å². The molecule has 0 aromatic heterocycles. The van der Waals surface area contributed by atoms with Crippen molar-refractivity contribution >= 4 is 15.8 Å². The van der Waals surface area contributed by atoms with E-state index in [1.807, 2.05) is 0 Å². The van der Waals surface area contributed by atoms with Crippen molar-refractivity contribution in [2.75, 3.05) is 18.9 Å². The number of rotatable bonds is 7. The van der Waals surface area contributed by atoms with Gasteiger partial charge >= 0.3 is 5.97 Å². The summed E-state index contributed by atoms with van der Waals surface area (Å²) in [6.45, 7) is 8.95. The summed E-state index contributed by atoms with van der Waals surface area (Å²) in [5, 5.41) is 2.89. The van der Waals surface area contributed by atoms with Gasteiger partial charge in [-0.05, 0) is 38.1 Å². The quantitative estimate of drug-likeness (QED) is 0.726. The van der Waals surface area contributed by atoms with Crippen LogP contribution in [0.2, 0.25) is 0 Å². The number of ether oxygens (including phenoxy) is 1. The minimum atomic E-state index is -3.49. The number of sulfone groups is 1. The molecule has 21 heavy (non-hydrogen) atoms. The van der Waals surface area contributed by atoms with Crippen LogP contribution in [-0.4, -0.2) is 44.6 Å². The van der Waals surface area contributed by atoms with E-state index < -0.39 is 26.8 Å². The second-order valence-electron chi connectivity index (χ2n) is 6.46. The second-order valence-corrected chi connectivity index (χ2v) is 8.68. The van der Waals surface area contributed by atoms with Crippen LogP contribution >= 0.6 is 0 Å². The van der Waals surface area contributed by atoms with Crippen LogP contribution in [0.1, 0.15) is 53.4 Å². The predicted molar refractivity (Wildman–Crippen MR) is 83.9 cm³/mol. The first kappa shape index (κ1) is 18.4. The number of hydrogen-bond acceptors (Lipinski definition) is 5. The second kappa shape index (κ2) is 7.58. The highest BCUT2D eigenvalue weighted by Gasteiger charge is 2.45. The summed E-state index contributed by atoms with van der Waals surface area (Å²) in [6, 6.07) is -0.106. The first-order valence-electron chi connectivity index (χ1n) is 7.85. The summed E-state index contributed by atoms with van der Waals surface area (Å²) in [4.78, 5) is 11.6. The average Bonchev–Trinajstić information content (AvgIpc) is 2.35. The van der Waals surface area contributed by atoms with Crippen LogP contribution in [0.5, 0.6) is 0 Å². The topological polar surface area (TPSA) is 72.5 Å². The van der Waals surface area contributed by atoms with E-state index in [1.165, 1.54) is 0 Å². The van der Waals surface area contributed by atoms with E-state index >= 15 is 0 Å². The zero-order valence-corrected chi connectivity index (χ0v) is 14.5. The maximum atomic E-state index is 12.6. The molecular weight excluding hydrogens is 290 g/mol. The molecule has 0 heterocycles. The summed E-state index contributed by atoms with van der Waals surface area (Å²) in [5.74, 6) is -1.15. The van der Waals surface area contributed by atoms with Gasteiger partial charge in [-0.15, -0.1) is 0 Å². The van der Waals surface area contributed by atoms with Crippen LogP contribution in [0, 0.1) is 5.41 Å². The Balaban J connectivity index is 2.91. The Hall–Kier alpha value is -0.620. The van der Waals surface area contributed by atoms with E-state index in [9.17, 15) is 13.2 Å². The Kier molecular flexibility index (Phi) is 6.66. The zero-order chi connectivity index (χ0) is 16.1. The Morgan fingerprint density at radius 1 is 1.33 bits per heavy atom. The molecule has 0 aromatic carbocycles. The molecule has 1 saturated carbocycles. The van der Waals surface area contributed by atoms with E-state index in [2.05, 4.69) is 26.1 Å². The first-order valence-corrected chi connectivity index (χ1v) is 9.56. The third-order valence-electron chi connectivity index (χ3n) is 4.22. The van der Waals surface area contributed by atoms with Gasteiger partial charge in [0, 0.05) is 6.04 Å². The summed E-state index contributed by atoms with van der Waals surface area (Å²) in [7, 11) is -3.49. The number of carbonyl (C=O) groups is 1. The standard InChI is InChI=1S/C15H29NO4S/c1-5-10-16-14-12(8-7-9-15(14,3)4)21(18,19)11-13(17)20-6-2/h12,14,16H,5-11H2,1-4H3. The van der Waals surface area contributed by atoms with Crippen LogP contribution in [0.15, 0.2) is 0 Å². The molecule has 124 valence electrons. The van der Waals surface area contributed by atoms with Gasteiger partial charge in [-0.25, -0.2) is 8.42 Å². The molecule has 0 bridgehead atoms. The molecule has 1 aliphatic carbocycles. The summed E-state index contributed by atoms with van der Waals surface area (Å²) in [6.07, 6.45) is 3.45. The van der Waals surface area contributed by atoms with E-state index in [0.29, 0.717) is 6.42 Å². The van der Waals surface area contributed by atoms with Gasteiger partial charge in [0.25, 0.3) is 0 Å². The smallest absolute Gasteiger partial charge is 0.321 e. The van der Waals surface area contributed by atoms with E-state index in [-0.39, 0.29) is 18.1 Å². The molecule has 2 unspecified atom stereocenters. The van der Waals surface area contributed by atoms with Crippen molar-refractivity contribution in [2.24, 2.45) is 5.41 Å². The molecule has 1 N–H and O–H groups in total. The Bertz CT molecular complexity index is 445. The first-order chi connectivity index (χ1) is 9.74. The third-order valence-corrected chi connectivity index (χ3v) is 6.29. The van der Waals surface area contributed by atoms with Gasteiger partial charge in [0.2, 0.25) is 0 Å². The highest BCUT2D eigenvalue weighted by molar-refractivity contribution is 7.92. The molecule has 1 aliphatic rings. The Morgan fingerprint density at radius 2 is 2.00 bits per heavy atom. The number of esters is 1. The fourth-order valence-corrected chi connectivity index (χ4v) is 5.18. The Labute approximate surface area is 128 Å². The lowest BCUT2D eigenvalue weighted by atomic mass is 9.73. The lowest BCUT2D eigenvalue weighted by Gasteiger charge is -2.44. The number of hydrogen-bond donors (Lipinski definition) is 1. The van der Waals surface area contributed by atoms with Crippen LogP contribution in [0.3, 0.4) is 0 Å². The SMILES string of the molecule is CCCNC1C(S(=O)(=O)CC(=O)OCC)CCCC1(C)C. The van der Waals surface area contributed by atoms with Crippen molar-refractivity contribution in [1.82, 2.24) is 5.32 Å². The maximum absolute atomic E-state index is 12.6.